The zero-order chi connectivity index (χ0) is 32.2. The highest BCUT2D eigenvalue weighted by Gasteiger charge is 2.38. The van der Waals surface area contributed by atoms with Crippen molar-refractivity contribution in [3.8, 4) is 11.5 Å². The first-order valence-electron chi connectivity index (χ1n) is 13.3. The van der Waals surface area contributed by atoms with Crippen LogP contribution in [0.25, 0.3) is 10.9 Å². The summed E-state index contributed by atoms with van der Waals surface area (Å²) >= 11 is 0. The number of methoxy groups -OCH3 is 2. The van der Waals surface area contributed by atoms with E-state index in [1.807, 2.05) is 18.2 Å². The summed E-state index contributed by atoms with van der Waals surface area (Å²) in [5, 5.41) is 3.55. The Labute approximate surface area is 248 Å². The number of nitrogens with one attached hydrogen (secondary N) is 2. The molecule has 1 aromatic heterocycles. The number of hydrogen-bond donors (Lipinski definition) is 2. The summed E-state index contributed by atoms with van der Waals surface area (Å²) in [6.07, 6.45) is -8.41. The molecule has 0 aliphatic carbocycles. The number of benzene rings is 3. The van der Waals surface area contributed by atoms with Gasteiger partial charge in [-0.05, 0) is 54.8 Å². The largest absolute Gasteiger partial charge is 0.493 e. The van der Waals surface area contributed by atoms with E-state index in [0.717, 1.165) is 21.4 Å². The van der Waals surface area contributed by atoms with Crippen LogP contribution in [0.2, 0.25) is 0 Å². The molecule has 0 aliphatic heterocycles. The van der Waals surface area contributed by atoms with Gasteiger partial charge in [0.25, 0.3) is 5.91 Å². The van der Waals surface area contributed by atoms with Crippen molar-refractivity contribution in [2.24, 2.45) is 0 Å². The standard InChI is InChI=1S/C31H29F6N3O4/c1-40(29(42)18-12-20(30(32,33)34)15-21(13-18)31(35,36)37)23(14-19-17-38-25-7-5-4-6-24(19)25)9-11-28(41)39-22-8-10-26(43-2)27(16-22)44-3/h4-8,10,12-13,15-17,23,38H,9,11,14H2,1-3H3,(H,39,41). The number of aromatic nitrogens is 1. The predicted molar refractivity (Wildman–Crippen MR) is 152 cm³/mol. The van der Waals surface area contributed by atoms with Crippen molar-refractivity contribution < 1.29 is 45.4 Å². The summed E-state index contributed by atoms with van der Waals surface area (Å²) in [6.45, 7) is 0. The molecule has 1 atom stereocenters. The fourth-order valence-corrected chi connectivity index (χ4v) is 4.87. The number of carbonyl (C=O) groups is 2. The minimum atomic E-state index is -5.11. The molecule has 1 heterocycles. The fraction of sp³-hybridized carbons (Fsp3) is 0.290. The molecule has 44 heavy (non-hydrogen) atoms. The molecule has 2 N–H and O–H groups in total. The van der Waals surface area contributed by atoms with E-state index >= 15 is 0 Å². The number of anilines is 1. The summed E-state index contributed by atoms with van der Waals surface area (Å²) in [7, 11) is 4.19. The van der Waals surface area contributed by atoms with E-state index in [1.54, 1.807) is 30.5 Å². The molecule has 7 nitrogen and oxygen atoms in total. The predicted octanol–water partition coefficient (Wildman–Crippen LogP) is 7.32. The van der Waals surface area contributed by atoms with Gasteiger partial charge in [0.15, 0.2) is 11.5 Å². The number of ether oxygens (including phenoxy) is 2. The van der Waals surface area contributed by atoms with E-state index in [-0.39, 0.29) is 25.3 Å². The lowest BCUT2D eigenvalue weighted by Crippen LogP contribution is -2.39. The summed E-state index contributed by atoms with van der Waals surface area (Å²) in [4.78, 5) is 30.6. The van der Waals surface area contributed by atoms with Crippen LogP contribution in [-0.2, 0) is 23.6 Å². The molecule has 13 heteroatoms. The van der Waals surface area contributed by atoms with Gasteiger partial charge in [-0.2, -0.15) is 26.3 Å². The van der Waals surface area contributed by atoms with Gasteiger partial charge in [0, 0.05) is 53.9 Å². The lowest BCUT2D eigenvalue weighted by molar-refractivity contribution is -0.143. The van der Waals surface area contributed by atoms with E-state index in [1.165, 1.54) is 21.3 Å². The molecule has 0 fully saturated rings. The number of hydrogen-bond acceptors (Lipinski definition) is 4. The third-order valence-electron chi connectivity index (χ3n) is 7.21. The monoisotopic (exact) mass is 621 g/mol. The molecule has 0 saturated heterocycles. The Morgan fingerprint density at radius 3 is 2.14 bits per heavy atom. The van der Waals surface area contributed by atoms with Crippen molar-refractivity contribution in [1.82, 2.24) is 9.88 Å². The highest BCUT2D eigenvalue weighted by atomic mass is 19.4. The van der Waals surface area contributed by atoms with E-state index in [2.05, 4.69) is 10.3 Å². The number of alkyl halides is 6. The average Bonchev–Trinajstić information content (AvgIpc) is 3.39. The molecular formula is C31H29F6N3O4. The zero-order valence-electron chi connectivity index (χ0n) is 23.9. The van der Waals surface area contributed by atoms with E-state index < -0.39 is 46.9 Å². The maximum Gasteiger partial charge on any atom is 0.416 e. The number of halogens is 6. The maximum atomic E-state index is 13.5. The Morgan fingerprint density at radius 2 is 1.52 bits per heavy atom. The lowest BCUT2D eigenvalue weighted by atomic mass is 9.98. The van der Waals surface area contributed by atoms with Crippen molar-refractivity contribution in [2.75, 3.05) is 26.6 Å². The van der Waals surface area contributed by atoms with Crippen LogP contribution < -0.4 is 14.8 Å². The first-order valence-corrected chi connectivity index (χ1v) is 13.3. The van der Waals surface area contributed by atoms with Gasteiger partial charge in [-0.1, -0.05) is 18.2 Å². The van der Waals surface area contributed by atoms with Gasteiger partial charge >= 0.3 is 12.4 Å². The average molecular weight is 622 g/mol. The number of carbonyl (C=O) groups excluding carboxylic acids is 2. The molecule has 3 aromatic carbocycles. The fourth-order valence-electron chi connectivity index (χ4n) is 4.87. The molecule has 4 rings (SSSR count). The van der Waals surface area contributed by atoms with Crippen LogP contribution in [0.15, 0.2) is 66.9 Å². The van der Waals surface area contributed by atoms with Crippen LogP contribution in [0.5, 0.6) is 11.5 Å². The molecule has 234 valence electrons. The second-order valence-electron chi connectivity index (χ2n) is 10.1. The summed E-state index contributed by atoms with van der Waals surface area (Å²) in [6, 6.07) is 12.1. The second-order valence-corrected chi connectivity index (χ2v) is 10.1. The zero-order valence-corrected chi connectivity index (χ0v) is 23.9. The Morgan fingerprint density at radius 1 is 0.886 bits per heavy atom. The number of aromatic amines is 1. The van der Waals surface area contributed by atoms with Gasteiger partial charge in [-0.25, -0.2) is 0 Å². The minimum absolute atomic E-state index is 0.0291. The third kappa shape index (κ3) is 7.44. The molecule has 0 aliphatic rings. The Kier molecular flexibility index (Phi) is 9.45. The SMILES string of the molecule is COc1ccc(NC(=O)CCC(Cc2c[nH]c3ccccc23)N(C)C(=O)c2cc(C(F)(F)F)cc(C(F)(F)F)c2)cc1OC. The number of nitrogens with zero attached hydrogens (tertiary/aromatic N) is 1. The Balaban J connectivity index is 1.62. The number of rotatable bonds is 10. The summed E-state index contributed by atoms with van der Waals surface area (Å²) in [5.74, 6) is -0.646. The second kappa shape index (κ2) is 12.9. The molecule has 0 radical (unpaired) electrons. The van der Waals surface area contributed by atoms with Crippen LogP contribution in [0, 0.1) is 0 Å². The van der Waals surface area contributed by atoms with Gasteiger partial charge in [0.05, 0.1) is 25.3 Å². The number of fused-ring (bicyclic) bond motifs is 1. The normalized spacial score (nSPS) is 12.6. The van der Waals surface area contributed by atoms with Crippen molar-refractivity contribution >= 4 is 28.4 Å². The topological polar surface area (TPSA) is 83.7 Å². The van der Waals surface area contributed by atoms with Crippen molar-refractivity contribution in [3.63, 3.8) is 0 Å². The highest BCUT2D eigenvalue weighted by Crippen LogP contribution is 2.37. The van der Waals surface area contributed by atoms with Crippen molar-refractivity contribution in [1.29, 1.82) is 0 Å². The first kappa shape index (κ1) is 32.2. The van der Waals surface area contributed by atoms with Crippen molar-refractivity contribution in [2.45, 2.75) is 37.7 Å². The van der Waals surface area contributed by atoms with Crippen LogP contribution in [0.4, 0.5) is 32.0 Å². The third-order valence-corrected chi connectivity index (χ3v) is 7.21. The maximum absolute atomic E-state index is 13.5. The highest BCUT2D eigenvalue weighted by molar-refractivity contribution is 5.95. The van der Waals surface area contributed by atoms with Crippen molar-refractivity contribution in [3.05, 3.63) is 89.1 Å². The Bertz CT molecular complexity index is 1620. The summed E-state index contributed by atoms with van der Waals surface area (Å²) < 4.78 is 91.3. The first-order chi connectivity index (χ1) is 20.7. The summed E-state index contributed by atoms with van der Waals surface area (Å²) in [5.41, 5.74) is -1.99. The molecule has 0 spiro atoms. The van der Waals surface area contributed by atoms with Gasteiger partial charge in [-0.15, -0.1) is 0 Å². The quantitative estimate of drug-likeness (QED) is 0.182. The van der Waals surface area contributed by atoms with E-state index in [0.29, 0.717) is 29.3 Å². The molecule has 1 unspecified atom stereocenters. The van der Waals surface area contributed by atoms with Gasteiger partial charge in [0.1, 0.15) is 0 Å². The Hall–Kier alpha value is -4.68. The van der Waals surface area contributed by atoms with Gasteiger partial charge in [0.2, 0.25) is 5.91 Å². The minimum Gasteiger partial charge on any atom is -0.493 e. The number of likely N-dealkylation sites (N-methyl/N-ethyl adjacent to an activating group) is 1. The molecule has 2 amide bonds. The number of amides is 2. The molecule has 4 aromatic rings. The molecule has 0 saturated carbocycles. The van der Waals surface area contributed by atoms with E-state index in [9.17, 15) is 35.9 Å². The number of para-hydroxylation sites is 1. The number of H-pyrrole nitrogens is 1. The van der Waals surface area contributed by atoms with Crippen LogP contribution in [-0.4, -0.2) is 49.0 Å². The van der Waals surface area contributed by atoms with Crippen LogP contribution in [0.1, 0.15) is 39.9 Å². The van der Waals surface area contributed by atoms with Gasteiger partial charge < -0.3 is 24.7 Å². The molecular weight excluding hydrogens is 592 g/mol. The van der Waals surface area contributed by atoms with Crippen LogP contribution in [0.3, 0.4) is 0 Å². The van der Waals surface area contributed by atoms with E-state index in [4.69, 9.17) is 9.47 Å². The van der Waals surface area contributed by atoms with Gasteiger partial charge in [-0.3, -0.25) is 9.59 Å². The molecule has 0 bridgehead atoms. The van der Waals surface area contributed by atoms with Crippen LogP contribution >= 0.6 is 0 Å². The lowest BCUT2D eigenvalue weighted by Gasteiger charge is -2.29. The smallest absolute Gasteiger partial charge is 0.416 e.